The summed E-state index contributed by atoms with van der Waals surface area (Å²) in [5.41, 5.74) is 3.50. The number of furan rings is 1. The number of rotatable bonds is 6. The van der Waals surface area contributed by atoms with Crippen LogP contribution in [0.5, 0.6) is 0 Å². The number of hydrogen-bond donors (Lipinski definition) is 1. The Hall–Kier alpha value is -3.02. The Balaban J connectivity index is 1.58. The number of benzene rings is 1. The maximum absolute atomic E-state index is 14.0. The van der Waals surface area contributed by atoms with Gasteiger partial charge in [-0.1, -0.05) is 57.4 Å². The number of carbonyl (C=O) groups excluding carboxylic acids is 2. The van der Waals surface area contributed by atoms with E-state index in [4.69, 9.17) is 4.42 Å². The van der Waals surface area contributed by atoms with Gasteiger partial charge in [0.05, 0.1) is 18.3 Å². The van der Waals surface area contributed by atoms with Gasteiger partial charge in [-0.15, -0.1) is 0 Å². The summed E-state index contributed by atoms with van der Waals surface area (Å²) >= 11 is 0. The summed E-state index contributed by atoms with van der Waals surface area (Å²) in [6.07, 6.45) is 8.62. The zero-order chi connectivity index (χ0) is 23.0. The summed E-state index contributed by atoms with van der Waals surface area (Å²) in [6, 6.07) is 12.1. The highest BCUT2D eigenvalue weighted by atomic mass is 16.3. The van der Waals surface area contributed by atoms with E-state index >= 15 is 0 Å². The molecular weight excluding hydrogens is 414 g/mol. The van der Waals surface area contributed by atoms with E-state index in [1.165, 1.54) is 12.0 Å². The van der Waals surface area contributed by atoms with Crippen molar-refractivity contribution in [3.8, 4) is 0 Å². The van der Waals surface area contributed by atoms with E-state index in [1.54, 1.807) is 6.26 Å². The van der Waals surface area contributed by atoms with E-state index in [0.29, 0.717) is 30.8 Å². The molecule has 1 N–H and O–H groups in total. The third kappa shape index (κ3) is 3.65. The second kappa shape index (κ2) is 8.73. The van der Waals surface area contributed by atoms with Gasteiger partial charge in [-0.05, 0) is 36.8 Å². The van der Waals surface area contributed by atoms with E-state index in [2.05, 4.69) is 24.4 Å². The van der Waals surface area contributed by atoms with Crippen molar-refractivity contribution in [2.75, 3.05) is 0 Å². The molecule has 6 heteroatoms. The molecule has 2 aliphatic rings. The molecular formula is C27H33N3O3. The second-order valence-electron chi connectivity index (χ2n) is 9.49. The van der Waals surface area contributed by atoms with Crippen molar-refractivity contribution in [3.05, 3.63) is 59.5 Å². The maximum atomic E-state index is 14.0. The van der Waals surface area contributed by atoms with Crippen molar-refractivity contribution >= 4 is 22.9 Å². The minimum atomic E-state index is -0.953. The molecule has 174 valence electrons. The number of carbonyl (C=O) groups is 2. The Labute approximate surface area is 194 Å². The van der Waals surface area contributed by atoms with Crippen molar-refractivity contribution in [2.45, 2.75) is 83.5 Å². The van der Waals surface area contributed by atoms with Crippen LogP contribution in [0.3, 0.4) is 0 Å². The standard InChI is InChI=1S/C27H33N3O3/c1-3-19-10-8-9-11-20(19)17-30-25(31)23-16-24-22(14-15-33-24)29(23)18-27(30,4-2)26(32)28-21-12-6-5-7-13-21/h8-11,14-16,21H,3-7,12-13,17-18H2,1-2H3,(H,28,32). The van der Waals surface area contributed by atoms with Crippen molar-refractivity contribution in [1.82, 2.24) is 14.8 Å². The van der Waals surface area contributed by atoms with Gasteiger partial charge in [-0.3, -0.25) is 9.59 Å². The fraction of sp³-hybridized carbons (Fsp3) is 0.481. The van der Waals surface area contributed by atoms with E-state index in [0.717, 1.165) is 43.2 Å². The van der Waals surface area contributed by atoms with E-state index in [1.807, 2.05) is 40.7 Å². The van der Waals surface area contributed by atoms with Crippen LogP contribution in [-0.4, -0.2) is 32.9 Å². The van der Waals surface area contributed by atoms with Gasteiger partial charge in [0.15, 0.2) is 5.58 Å². The minimum Gasteiger partial charge on any atom is -0.463 e. The summed E-state index contributed by atoms with van der Waals surface area (Å²) in [4.78, 5) is 29.8. The SMILES string of the molecule is CCc1ccccc1CN1C(=O)c2cc3occc3n2CC1(CC)C(=O)NC1CCCCC1. The van der Waals surface area contributed by atoms with Gasteiger partial charge in [0, 0.05) is 24.7 Å². The smallest absolute Gasteiger partial charge is 0.271 e. The predicted molar refractivity (Wildman–Crippen MR) is 128 cm³/mol. The predicted octanol–water partition coefficient (Wildman–Crippen LogP) is 5.05. The Morgan fingerprint density at radius 2 is 1.88 bits per heavy atom. The molecule has 2 aromatic heterocycles. The summed E-state index contributed by atoms with van der Waals surface area (Å²) in [5.74, 6) is -0.144. The van der Waals surface area contributed by atoms with Gasteiger partial charge in [0.1, 0.15) is 11.2 Å². The summed E-state index contributed by atoms with van der Waals surface area (Å²) in [5, 5.41) is 3.34. The largest absolute Gasteiger partial charge is 0.463 e. The van der Waals surface area contributed by atoms with Gasteiger partial charge in [-0.2, -0.15) is 0 Å². The van der Waals surface area contributed by atoms with Crippen molar-refractivity contribution in [2.24, 2.45) is 0 Å². The number of hydrogen-bond acceptors (Lipinski definition) is 3. The van der Waals surface area contributed by atoms with Crippen LogP contribution in [0, 0.1) is 0 Å². The Kier molecular flexibility index (Phi) is 5.77. The molecule has 1 atom stereocenters. The third-order valence-electron chi connectivity index (χ3n) is 7.70. The molecule has 33 heavy (non-hydrogen) atoms. The van der Waals surface area contributed by atoms with Crippen molar-refractivity contribution < 1.29 is 14.0 Å². The lowest BCUT2D eigenvalue weighted by Crippen LogP contribution is -2.66. The maximum Gasteiger partial charge on any atom is 0.271 e. The highest BCUT2D eigenvalue weighted by Crippen LogP contribution is 2.36. The molecule has 1 unspecified atom stereocenters. The summed E-state index contributed by atoms with van der Waals surface area (Å²) in [6.45, 7) is 4.99. The number of aryl methyl sites for hydroxylation is 1. The highest BCUT2D eigenvalue weighted by molar-refractivity contribution is 6.03. The molecule has 1 aliphatic carbocycles. The van der Waals surface area contributed by atoms with Gasteiger partial charge in [0.2, 0.25) is 5.91 Å². The first-order valence-corrected chi connectivity index (χ1v) is 12.3. The van der Waals surface area contributed by atoms with E-state index in [-0.39, 0.29) is 17.9 Å². The molecule has 1 aliphatic heterocycles. The van der Waals surface area contributed by atoms with Crippen molar-refractivity contribution in [1.29, 1.82) is 0 Å². The molecule has 0 bridgehead atoms. The number of nitrogens with one attached hydrogen (secondary N) is 1. The molecule has 0 spiro atoms. The zero-order valence-corrected chi connectivity index (χ0v) is 19.6. The van der Waals surface area contributed by atoms with Crippen LogP contribution in [0.2, 0.25) is 0 Å². The first-order valence-electron chi connectivity index (χ1n) is 12.3. The Morgan fingerprint density at radius 1 is 1.12 bits per heavy atom. The minimum absolute atomic E-state index is 0.0322. The van der Waals surface area contributed by atoms with Gasteiger partial charge in [-0.25, -0.2) is 0 Å². The highest BCUT2D eigenvalue weighted by Gasteiger charge is 2.50. The number of aromatic nitrogens is 1. The van der Waals surface area contributed by atoms with Crippen LogP contribution < -0.4 is 5.32 Å². The lowest BCUT2D eigenvalue weighted by Gasteiger charge is -2.46. The summed E-state index contributed by atoms with van der Waals surface area (Å²) < 4.78 is 7.58. The molecule has 6 nitrogen and oxygen atoms in total. The van der Waals surface area contributed by atoms with Crippen LogP contribution in [-0.2, 0) is 24.3 Å². The van der Waals surface area contributed by atoms with Crippen LogP contribution >= 0.6 is 0 Å². The molecule has 3 heterocycles. The number of fused-ring (bicyclic) bond motifs is 3. The van der Waals surface area contributed by atoms with Crippen LogP contribution in [0.25, 0.3) is 11.1 Å². The molecule has 1 saturated carbocycles. The van der Waals surface area contributed by atoms with Crippen molar-refractivity contribution in [3.63, 3.8) is 0 Å². The Bertz CT molecular complexity index is 1170. The second-order valence-corrected chi connectivity index (χ2v) is 9.49. The normalized spacial score (nSPS) is 21.4. The fourth-order valence-electron chi connectivity index (χ4n) is 5.68. The van der Waals surface area contributed by atoms with E-state index in [9.17, 15) is 9.59 Å². The first kappa shape index (κ1) is 21.8. The fourth-order valence-corrected chi connectivity index (χ4v) is 5.68. The molecule has 3 aromatic rings. The molecule has 2 amide bonds. The molecule has 1 aromatic carbocycles. The third-order valence-corrected chi connectivity index (χ3v) is 7.70. The lowest BCUT2D eigenvalue weighted by molar-refractivity contribution is -0.135. The topological polar surface area (TPSA) is 67.5 Å². The van der Waals surface area contributed by atoms with Crippen LogP contribution in [0.4, 0.5) is 0 Å². The molecule has 5 rings (SSSR count). The zero-order valence-electron chi connectivity index (χ0n) is 19.6. The van der Waals surface area contributed by atoms with Crippen LogP contribution in [0.15, 0.2) is 47.1 Å². The number of amides is 2. The quantitative estimate of drug-likeness (QED) is 0.575. The van der Waals surface area contributed by atoms with Crippen LogP contribution in [0.1, 0.15) is 74.0 Å². The van der Waals surface area contributed by atoms with Gasteiger partial charge >= 0.3 is 0 Å². The monoisotopic (exact) mass is 447 g/mol. The molecule has 0 radical (unpaired) electrons. The van der Waals surface area contributed by atoms with Gasteiger partial charge in [0.25, 0.3) is 5.91 Å². The first-order chi connectivity index (χ1) is 16.1. The molecule has 0 saturated heterocycles. The summed E-state index contributed by atoms with van der Waals surface area (Å²) in [7, 11) is 0. The average molecular weight is 448 g/mol. The molecule has 1 fully saturated rings. The average Bonchev–Trinajstić information content (AvgIpc) is 3.44. The van der Waals surface area contributed by atoms with Gasteiger partial charge < -0.3 is 19.2 Å². The Morgan fingerprint density at radius 3 is 2.61 bits per heavy atom. The lowest BCUT2D eigenvalue weighted by atomic mass is 9.87. The number of nitrogens with zero attached hydrogens (tertiary/aromatic N) is 2. The van der Waals surface area contributed by atoms with E-state index < -0.39 is 5.54 Å².